The van der Waals surface area contributed by atoms with Crippen LogP contribution >= 0.6 is 23.4 Å². The van der Waals surface area contributed by atoms with Gasteiger partial charge in [0.25, 0.3) is 0 Å². The summed E-state index contributed by atoms with van der Waals surface area (Å²) in [6, 6.07) is 3.05. The van der Waals surface area contributed by atoms with E-state index in [1.54, 1.807) is 19.2 Å². The highest BCUT2D eigenvalue weighted by atomic mass is 35.5. The van der Waals surface area contributed by atoms with Gasteiger partial charge >= 0.3 is 5.69 Å². The van der Waals surface area contributed by atoms with Gasteiger partial charge in [-0.3, -0.25) is 9.59 Å². The van der Waals surface area contributed by atoms with Gasteiger partial charge in [0.2, 0.25) is 5.78 Å². The third-order valence-corrected chi connectivity index (χ3v) is 5.42. The van der Waals surface area contributed by atoms with E-state index in [2.05, 4.69) is 10.4 Å². The molecule has 3 rings (SSSR count). The predicted molar refractivity (Wildman–Crippen MR) is 105 cm³/mol. The van der Waals surface area contributed by atoms with Gasteiger partial charge in [-0.25, -0.2) is 4.79 Å². The van der Waals surface area contributed by atoms with Crippen molar-refractivity contribution in [3.05, 3.63) is 45.0 Å². The molecule has 1 saturated carbocycles. The third-order valence-electron chi connectivity index (χ3n) is 4.29. The Balaban J connectivity index is 2.14. The summed E-state index contributed by atoms with van der Waals surface area (Å²) < 4.78 is 7.36. The average molecular weight is 423 g/mol. The fourth-order valence-corrected chi connectivity index (χ4v) is 3.75. The molecule has 0 bridgehead atoms. The SMILES string of the molecule is CCO/C=C(\C(=O)c1ccc(Cl)c(-n2nnn(C)c2=O)c1SC)C(=O)C1CC1. The van der Waals surface area contributed by atoms with Crippen LogP contribution in [0.2, 0.25) is 5.02 Å². The van der Waals surface area contributed by atoms with E-state index in [1.165, 1.54) is 31.1 Å². The van der Waals surface area contributed by atoms with E-state index in [-0.39, 0.29) is 33.5 Å². The van der Waals surface area contributed by atoms with Crippen molar-refractivity contribution in [2.45, 2.75) is 24.7 Å². The van der Waals surface area contributed by atoms with Crippen molar-refractivity contribution >= 4 is 34.9 Å². The number of benzene rings is 1. The van der Waals surface area contributed by atoms with E-state index >= 15 is 0 Å². The molecule has 0 aliphatic heterocycles. The van der Waals surface area contributed by atoms with Crippen molar-refractivity contribution in [2.75, 3.05) is 12.9 Å². The summed E-state index contributed by atoms with van der Waals surface area (Å²) in [5.74, 6) is -0.828. The van der Waals surface area contributed by atoms with Crippen LogP contribution in [0.5, 0.6) is 0 Å². The number of tetrazole rings is 1. The monoisotopic (exact) mass is 422 g/mol. The molecule has 1 fully saturated rings. The number of hydrogen-bond acceptors (Lipinski definition) is 7. The first-order valence-electron chi connectivity index (χ1n) is 8.67. The van der Waals surface area contributed by atoms with E-state index in [0.717, 1.165) is 22.2 Å². The highest BCUT2D eigenvalue weighted by Crippen LogP contribution is 2.37. The zero-order valence-electron chi connectivity index (χ0n) is 15.6. The summed E-state index contributed by atoms with van der Waals surface area (Å²) in [6.07, 6.45) is 4.52. The van der Waals surface area contributed by atoms with Gasteiger partial charge in [0.05, 0.1) is 17.9 Å². The number of ketones is 2. The molecule has 0 spiro atoms. The number of rotatable bonds is 8. The van der Waals surface area contributed by atoms with E-state index in [1.807, 2.05) is 0 Å². The third kappa shape index (κ3) is 3.77. The standard InChI is InChI=1S/C18H19ClN4O4S/c1-4-27-9-12(15(24)10-5-6-10)16(25)11-7-8-13(19)14(17(11)28-3)23-18(26)22(2)20-21-23/h7-10H,4-6H2,1-3H3/b12-9-. The largest absolute Gasteiger partial charge is 0.501 e. The van der Waals surface area contributed by atoms with Crippen LogP contribution < -0.4 is 5.69 Å². The van der Waals surface area contributed by atoms with Gasteiger partial charge in [0.1, 0.15) is 11.3 Å². The molecule has 0 amide bonds. The number of nitrogens with zero attached hydrogens (tertiary/aromatic N) is 4. The number of halogens is 1. The summed E-state index contributed by atoms with van der Waals surface area (Å²) in [5.41, 5.74) is 0.0116. The summed E-state index contributed by atoms with van der Waals surface area (Å²) in [6.45, 7) is 2.11. The maximum absolute atomic E-state index is 13.2. The van der Waals surface area contributed by atoms with Gasteiger partial charge < -0.3 is 4.74 Å². The first-order valence-corrected chi connectivity index (χ1v) is 10.3. The second-order valence-electron chi connectivity index (χ2n) is 6.23. The fraction of sp³-hybridized carbons (Fsp3) is 0.389. The number of aromatic nitrogens is 4. The van der Waals surface area contributed by atoms with E-state index in [4.69, 9.17) is 16.3 Å². The Labute approximate surface area is 170 Å². The van der Waals surface area contributed by atoms with Gasteiger partial charge in [-0.15, -0.1) is 11.8 Å². The second kappa shape index (κ2) is 8.32. The number of Topliss-reactive ketones (excluding diaryl/α,β-unsaturated/α-hetero) is 2. The summed E-state index contributed by atoms with van der Waals surface area (Å²) >= 11 is 7.55. The van der Waals surface area contributed by atoms with Crippen molar-refractivity contribution in [3.63, 3.8) is 0 Å². The molecule has 0 atom stereocenters. The zero-order valence-corrected chi connectivity index (χ0v) is 17.2. The van der Waals surface area contributed by atoms with Crippen LogP contribution in [0.4, 0.5) is 0 Å². The lowest BCUT2D eigenvalue weighted by Gasteiger charge is -2.14. The molecule has 1 heterocycles. The molecule has 10 heteroatoms. The average Bonchev–Trinajstić information content (AvgIpc) is 3.48. The Morgan fingerprint density at radius 3 is 2.61 bits per heavy atom. The molecule has 1 aliphatic carbocycles. The highest BCUT2D eigenvalue weighted by Gasteiger charge is 2.36. The molecule has 0 saturated heterocycles. The smallest absolute Gasteiger partial charge is 0.368 e. The molecule has 1 aromatic carbocycles. The molecule has 148 valence electrons. The molecule has 0 unspecified atom stereocenters. The maximum atomic E-state index is 13.2. The Hall–Kier alpha value is -2.39. The quantitative estimate of drug-likeness (QED) is 0.161. The van der Waals surface area contributed by atoms with Crippen molar-refractivity contribution in [3.8, 4) is 5.69 Å². The first-order chi connectivity index (χ1) is 13.4. The molecule has 1 aliphatic rings. The number of aryl methyl sites for hydroxylation is 1. The maximum Gasteiger partial charge on any atom is 0.368 e. The molecular weight excluding hydrogens is 404 g/mol. The van der Waals surface area contributed by atoms with Gasteiger partial charge in [-0.1, -0.05) is 11.6 Å². The Morgan fingerprint density at radius 1 is 1.36 bits per heavy atom. The number of thioether (sulfide) groups is 1. The summed E-state index contributed by atoms with van der Waals surface area (Å²) in [7, 11) is 1.46. The van der Waals surface area contributed by atoms with Crippen molar-refractivity contribution in [2.24, 2.45) is 13.0 Å². The van der Waals surface area contributed by atoms with Gasteiger partial charge in [-0.2, -0.15) is 9.36 Å². The number of ether oxygens (including phenoxy) is 1. The number of carbonyl (C=O) groups excluding carboxylic acids is 2. The van der Waals surface area contributed by atoms with Crippen molar-refractivity contribution < 1.29 is 14.3 Å². The molecular formula is C18H19ClN4O4S. The van der Waals surface area contributed by atoms with Crippen LogP contribution in [0.25, 0.3) is 5.69 Å². The lowest BCUT2D eigenvalue weighted by atomic mass is 9.98. The second-order valence-corrected chi connectivity index (χ2v) is 7.45. The number of carbonyl (C=O) groups is 2. The fourth-order valence-electron chi connectivity index (χ4n) is 2.68. The molecule has 28 heavy (non-hydrogen) atoms. The van der Waals surface area contributed by atoms with Crippen LogP contribution in [0.15, 0.2) is 33.7 Å². The molecule has 0 N–H and O–H groups in total. The van der Waals surface area contributed by atoms with E-state index < -0.39 is 11.5 Å². The van der Waals surface area contributed by atoms with Gasteiger partial charge in [0, 0.05) is 23.4 Å². The number of hydrogen-bond donors (Lipinski definition) is 0. The molecule has 0 radical (unpaired) electrons. The molecule has 2 aromatic rings. The van der Waals surface area contributed by atoms with Crippen LogP contribution in [0, 0.1) is 5.92 Å². The van der Waals surface area contributed by atoms with Crippen LogP contribution in [0.1, 0.15) is 30.1 Å². The van der Waals surface area contributed by atoms with E-state index in [0.29, 0.717) is 11.5 Å². The Kier molecular flexibility index (Phi) is 6.04. The van der Waals surface area contributed by atoms with E-state index in [9.17, 15) is 14.4 Å². The van der Waals surface area contributed by atoms with Crippen LogP contribution in [-0.4, -0.2) is 44.2 Å². The first kappa shape index (κ1) is 20.3. The lowest BCUT2D eigenvalue weighted by molar-refractivity contribution is -0.116. The topological polar surface area (TPSA) is 96.1 Å². The van der Waals surface area contributed by atoms with Crippen LogP contribution in [-0.2, 0) is 16.6 Å². The predicted octanol–water partition coefficient (Wildman–Crippen LogP) is 2.42. The van der Waals surface area contributed by atoms with Crippen molar-refractivity contribution in [1.82, 2.24) is 19.8 Å². The normalized spacial score (nSPS) is 14.2. The van der Waals surface area contributed by atoms with Crippen molar-refractivity contribution in [1.29, 1.82) is 0 Å². The Morgan fingerprint density at radius 2 is 2.07 bits per heavy atom. The minimum Gasteiger partial charge on any atom is -0.501 e. The lowest BCUT2D eigenvalue weighted by Crippen LogP contribution is -2.23. The minimum absolute atomic E-state index is 0.000541. The highest BCUT2D eigenvalue weighted by molar-refractivity contribution is 7.98. The zero-order chi connectivity index (χ0) is 20.4. The number of allylic oxidation sites excluding steroid dienone is 1. The minimum atomic E-state index is -0.499. The van der Waals surface area contributed by atoms with Crippen LogP contribution in [0.3, 0.4) is 0 Å². The summed E-state index contributed by atoms with van der Waals surface area (Å²) in [5, 5.41) is 7.77. The van der Waals surface area contributed by atoms with Gasteiger partial charge in [-0.05, 0) is 48.6 Å². The molecule has 1 aromatic heterocycles. The van der Waals surface area contributed by atoms with Gasteiger partial charge in [0.15, 0.2) is 5.78 Å². The summed E-state index contributed by atoms with van der Waals surface area (Å²) in [4.78, 5) is 38.6. The molecule has 8 nitrogen and oxygen atoms in total. The Bertz CT molecular complexity index is 1020.